The van der Waals surface area contributed by atoms with Gasteiger partial charge in [-0.2, -0.15) is 13.8 Å². The summed E-state index contributed by atoms with van der Waals surface area (Å²) >= 11 is 0. The molecule has 8 heavy (non-hydrogen) atoms. The van der Waals surface area contributed by atoms with E-state index in [0.717, 1.165) is 0 Å². The van der Waals surface area contributed by atoms with Gasteiger partial charge in [0.05, 0.1) is 0 Å². The van der Waals surface area contributed by atoms with E-state index in [0.29, 0.717) is 0 Å². The Hall–Kier alpha value is 0.683. The summed E-state index contributed by atoms with van der Waals surface area (Å²) in [6, 6.07) is 0. The largest absolute Gasteiger partial charge is 2.00 e. The van der Waals surface area contributed by atoms with Crippen molar-refractivity contribution in [3.63, 3.8) is 0 Å². The van der Waals surface area contributed by atoms with Gasteiger partial charge in [0.1, 0.15) is 0 Å². The van der Waals surface area contributed by atoms with E-state index in [9.17, 15) is 0 Å². The Balaban J connectivity index is -0.0000000147. The average Bonchev–Trinajstić information content (AvgIpc) is 1.78. The summed E-state index contributed by atoms with van der Waals surface area (Å²) in [5, 5.41) is 0. The molecule has 0 aromatic rings. The smallest absolute Gasteiger partial charge is 0.346 e. The van der Waals surface area contributed by atoms with Gasteiger partial charge >= 0.3 is 28.2 Å². The van der Waals surface area contributed by atoms with Gasteiger partial charge in [0.15, 0.2) is 0 Å². The van der Waals surface area contributed by atoms with Gasteiger partial charge in [0.2, 0.25) is 0 Å². The van der Waals surface area contributed by atoms with Crippen molar-refractivity contribution < 1.29 is 28.9 Å². The Kier molecular flexibility index (Phi) is 354. The molecule has 1 N–H and O–H groups in total. The van der Waals surface area contributed by atoms with E-state index >= 15 is 0 Å². The molecule has 0 saturated heterocycles. The molecule has 0 atom stereocenters. The van der Waals surface area contributed by atoms with E-state index in [1.54, 1.807) is 13.8 Å². The Morgan fingerprint density at radius 2 is 1.25 bits per heavy atom. The third-order valence-electron chi connectivity index (χ3n) is 0. The molecule has 0 aromatic heterocycles. The fourth-order valence-electron chi connectivity index (χ4n) is 0. The molecule has 0 fully saturated rings. The topological polar surface area (TPSA) is 37.3 Å². The minimum Gasteiger partial charge on any atom is -0.346 e. The van der Waals surface area contributed by atoms with Gasteiger partial charge in [-0.1, -0.05) is 0 Å². The molecule has 2 nitrogen and oxygen atoms in total. The first-order chi connectivity index (χ1) is 3.41. The molecule has 0 aliphatic rings. The van der Waals surface area contributed by atoms with E-state index in [1.807, 2.05) is 0 Å². The second-order valence-corrected chi connectivity index (χ2v) is 0.245. The van der Waals surface area contributed by atoms with Crippen LogP contribution in [0.2, 0.25) is 0 Å². The van der Waals surface area contributed by atoms with Crippen molar-refractivity contribution in [2.45, 2.75) is 13.8 Å². The fraction of sp³-hybridized carbons (Fsp3) is 0.500. The number of hydrogen-bond donors (Lipinski definition) is 1. The van der Waals surface area contributed by atoms with E-state index in [4.69, 9.17) is 9.46 Å². The summed E-state index contributed by atoms with van der Waals surface area (Å²) < 4.78 is 8.46. The Labute approximate surface area is 65.7 Å². The summed E-state index contributed by atoms with van der Waals surface area (Å²) in [6.45, 7) is 10.0. The maximum absolute atomic E-state index is 8.46. The molecule has 0 saturated carbocycles. The van der Waals surface area contributed by atoms with Crippen LogP contribution in [0.3, 0.4) is 0 Å². The van der Waals surface area contributed by atoms with Crippen molar-refractivity contribution in [1.82, 2.24) is 0 Å². The van der Waals surface area contributed by atoms with Gasteiger partial charge in [0.25, 0.3) is 0 Å². The summed E-state index contributed by atoms with van der Waals surface area (Å²) in [7, 11) is -0.833. The molecule has 0 spiro atoms. The van der Waals surface area contributed by atoms with Crippen molar-refractivity contribution in [1.29, 1.82) is 0 Å². The Morgan fingerprint density at radius 3 is 1.25 bits per heavy atom. The first-order valence-electron chi connectivity index (χ1n) is 1.80. The first-order valence-corrected chi connectivity index (χ1v) is 2.56. The van der Waals surface area contributed by atoms with Crippen LogP contribution >= 0.6 is 8.69 Å². The minimum absolute atomic E-state index is 0. The van der Waals surface area contributed by atoms with Crippen LogP contribution in [0, 0.1) is 13.8 Å². The molecule has 0 heterocycles. The number of hydrogen-bond acceptors (Lipinski definition) is 1. The zero-order valence-electron chi connectivity index (χ0n) is 5.42. The quantitative estimate of drug-likeness (QED) is 0.357. The second kappa shape index (κ2) is 121. The van der Waals surface area contributed by atoms with Crippen LogP contribution < -0.4 is 0 Å². The van der Waals surface area contributed by atoms with Crippen molar-refractivity contribution in [3.05, 3.63) is 13.8 Å². The van der Waals surface area contributed by atoms with Crippen LogP contribution in [-0.2, 0) is 24.0 Å². The number of rotatable bonds is 0. The van der Waals surface area contributed by atoms with Gasteiger partial charge in [0, 0.05) is 0 Å². The molecule has 0 amide bonds. The third kappa shape index (κ3) is 462. The predicted molar refractivity (Wildman–Crippen MR) is 31.9 cm³/mol. The standard InChI is InChI=1S/2C2H5.HO2P.Zn/c2*1-2;1-3-2;/h2*1H2,2H3;(H,1,2);/q2*-1;;+2. The Morgan fingerprint density at radius 1 is 1.25 bits per heavy atom. The molecule has 0 unspecified atom stereocenters. The van der Waals surface area contributed by atoms with Crippen molar-refractivity contribution >= 4 is 8.69 Å². The predicted octanol–water partition coefficient (Wildman–Crippen LogP) is 1.86. The van der Waals surface area contributed by atoms with Crippen LogP contribution in [0.25, 0.3) is 0 Å². The Bertz CT molecular complexity index is 21.5. The average molecular weight is 187 g/mol. The van der Waals surface area contributed by atoms with Gasteiger partial charge in [-0.3, -0.25) is 0 Å². The van der Waals surface area contributed by atoms with Crippen LogP contribution in [0.5, 0.6) is 0 Å². The molecule has 46 valence electrons. The van der Waals surface area contributed by atoms with Crippen LogP contribution in [0.1, 0.15) is 13.8 Å². The summed E-state index contributed by atoms with van der Waals surface area (Å²) in [6.07, 6.45) is 0. The molecule has 0 aromatic carbocycles. The summed E-state index contributed by atoms with van der Waals surface area (Å²) in [5.74, 6) is 0. The zero-order chi connectivity index (χ0) is 6.71. The van der Waals surface area contributed by atoms with Gasteiger partial charge in [-0.05, 0) is 0 Å². The molecule has 0 radical (unpaired) electrons. The summed E-state index contributed by atoms with van der Waals surface area (Å²) in [4.78, 5) is 6.99. The van der Waals surface area contributed by atoms with E-state index in [1.165, 1.54) is 0 Å². The first kappa shape index (κ1) is 23.4. The van der Waals surface area contributed by atoms with Gasteiger partial charge in [-0.15, -0.1) is 0 Å². The molecule has 0 aliphatic heterocycles. The third-order valence-corrected chi connectivity index (χ3v) is 0. The van der Waals surface area contributed by atoms with Gasteiger partial charge in [-0.25, -0.2) is 4.57 Å². The van der Waals surface area contributed by atoms with Gasteiger partial charge < -0.3 is 18.7 Å². The maximum Gasteiger partial charge on any atom is 2.00 e. The summed E-state index contributed by atoms with van der Waals surface area (Å²) in [5.41, 5.74) is 0. The zero-order valence-corrected chi connectivity index (χ0v) is 9.29. The minimum atomic E-state index is -0.833. The molecule has 0 aliphatic carbocycles. The van der Waals surface area contributed by atoms with Crippen molar-refractivity contribution in [2.24, 2.45) is 0 Å². The van der Waals surface area contributed by atoms with Crippen molar-refractivity contribution in [3.8, 4) is 0 Å². The molecule has 4 heteroatoms. The molecular formula is C4H11O2PZn. The maximum atomic E-state index is 8.46. The molecule has 0 rings (SSSR count). The normalized spacial score (nSPS) is 4.12. The molecular weight excluding hydrogens is 176 g/mol. The van der Waals surface area contributed by atoms with Crippen LogP contribution in [-0.4, -0.2) is 4.89 Å². The van der Waals surface area contributed by atoms with E-state index in [-0.39, 0.29) is 19.5 Å². The van der Waals surface area contributed by atoms with E-state index in [2.05, 4.69) is 13.8 Å². The molecule has 0 bridgehead atoms. The van der Waals surface area contributed by atoms with E-state index < -0.39 is 8.69 Å². The van der Waals surface area contributed by atoms with Crippen LogP contribution in [0.15, 0.2) is 0 Å². The SMILES string of the molecule is O=PO.[CH2-]C.[CH2-]C.[Zn+2]. The fourth-order valence-corrected chi connectivity index (χ4v) is 0. The monoisotopic (exact) mass is 186 g/mol. The second-order valence-electron chi connectivity index (χ2n) is 0.0816. The van der Waals surface area contributed by atoms with Crippen molar-refractivity contribution in [2.75, 3.05) is 0 Å². The van der Waals surface area contributed by atoms with Crippen LogP contribution in [0.4, 0.5) is 0 Å².